The lowest BCUT2D eigenvalue weighted by Crippen LogP contribution is -2.31. The number of hydrogen-bond acceptors (Lipinski definition) is 7. The maximum absolute atomic E-state index is 13.6. The van der Waals surface area contributed by atoms with Crippen LogP contribution in [-0.2, 0) is 19.6 Å². The highest BCUT2D eigenvalue weighted by atomic mass is 32.2. The Hall–Kier alpha value is -3.73. The molecule has 4 aromatic rings. The van der Waals surface area contributed by atoms with Gasteiger partial charge in [0.2, 0.25) is 10.0 Å². The summed E-state index contributed by atoms with van der Waals surface area (Å²) >= 11 is 0. The predicted octanol–water partition coefficient (Wildman–Crippen LogP) is 5.23. The van der Waals surface area contributed by atoms with Gasteiger partial charge in [-0.05, 0) is 56.3 Å². The van der Waals surface area contributed by atoms with E-state index in [4.69, 9.17) is 9.15 Å². The van der Waals surface area contributed by atoms with Gasteiger partial charge in [-0.15, -0.1) is 0 Å². The summed E-state index contributed by atoms with van der Waals surface area (Å²) in [7, 11) is -2.18. The molecule has 0 bridgehead atoms. The molecule has 0 aliphatic rings. The summed E-state index contributed by atoms with van der Waals surface area (Å²) in [5, 5.41) is 14.3. The van der Waals surface area contributed by atoms with E-state index < -0.39 is 28.0 Å². The van der Waals surface area contributed by atoms with Crippen molar-refractivity contribution in [1.82, 2.24) is 5.32 Å². The number of hydrogen-bond donors (Lipinski definition) is 2. The van der Waals surface area contributed by atoms with E-state index in [9.17, 15) is 22.7 Å². The Morgan fingerprint density at radius 3 is 2.41 bits per heavy atom. The third-order valence-electron chi connectivity index (χ3n) is 6.30. The van der Waals surface area contributed by atoms with Crippen molar-refractivity contribution in [2.45, 2.75) is 26.0 Å². The highest BCUT2D eigenvalue weighted by molar-refractivity contribution is 7.92. The molecule has 0 spiro atoms. The monoisotopic (exact) mass is 554 g/mol. The second-order valence-electron chi connectivity index (χ2n) is 9.02. The predicted molar refractivity (Wildman–Crippen MR) is 149 cm³/mol. The summed E-state index contributed by atoms with van der Waals surface area (Å²) in [5.41, 5.74) is 3.05. The molecule has 1 heterocycles. The molecule has 0 saturated carbocycles. The first-order valence-corrected chi connectivity index (χ1v) is 14.4. The lowest BCUT2D eigenvalue weighted by atomic mass is 9.98. The summed E-state index contributed by atoms with van der Waals surface area (Å²) in [6.07, 6.45) is 0.312. The average molecular weight is 555 g/mol. The number of rotatable bonds is 11. The van der Waals surface area contributed by atoms with Crippen LogP contribution in [0.4, 0.5) is 10.1 Å². The zero-order chi connectivity index (χ0) is 28.2. The SMILES string of the molecule is CCOC(=O)CCCN(c1cc2oc(-c3ccc(F)cc3)c(C(O)NC)c2cc1-c1ccccc1)S(C)(=O)=O. The van der Waals surface area contributed by atoms with Crippen LogP contribution in [-0.4, -0.2) is 45.9 Å². The third kappa shape index (κ3) is 6.30. The minimum atomic E-state index is -3.77. The van der Waals surface area contributed by atoms with E-state index in [-0.39, 0.29) is 26.0 Å². The van der Waals surface area contributed by atoms with Crippen LogP contribution in [0, 0.1) is 5.82 Å². The number of furan rings is 1. The number of esters is 1. The molecule has 0 amide bonds. The van der Waals surface area contributed by atoms with Crippen LogP contribution in [0.25, 0.3) is 33.4 Å². The summed E-state index contributed by atoms with van der Waals surface area (Å²) in [6.45, 7) is 2.00. The first-order chi connectivity index (χ1) is 18.6. The maximum Gasteiger partial charge on any atom is 0.305 e. The fourth-order valence-electron chi connectivity index (χ4n) is 4.50. The first-order valence-electron chi connectivity index (χ1n) is 12.5. The summed E-state index contributed by atoms with van der Waals surface area (Å²) in [6, 6.07) is 18.4. The fourth-order valence-corrected chi connectivity index (χ4v) is 5.47. The standard InChI is InChI=1S/C29H31FN2O6S/c1-4-37-26(33)11-8-16-32(39(3,35)36)24-18-25-23(17-22(24)19-9-6-5-7-10-19)27(29(34)31-2)28(38-25)20-12-14-21(30)15-13-20/h5-7,9-10,12-15,17-18,29,31,34H,4,8,11,16H2,1-3H3. The highest BCUT2D eigenvalue weighted by Gasteiger charge is 2.27. The number of halogens is 1. The van der Waals surface area contributed by atoms with Crippen LogP contribution in [0.2, 0.25) is 0 Å². The zero-order valence-electron chi connectivity index (χ0n) is 22.0. The van der Waals surface area contributed by atoms with E-state index in [1.165, 1.54) is 16.4 Å². The Kier molecular flexibility index (Phi) is 8.69. The molecule has 3 aromatic carbocycles. The van der Waals surface area contributed by atoms with Crippen LogP contribution in [0.1, 0.15) is 31.6 Å². The van der Waals surface area contributed by atoms with E-state index >= 15 is 0 Å². The van der Waals surface area contributed by atoms with E-state index in [0.717, 1.165) is 11.8 Å². The number of carbonyl (C=O) groups is 1. The minimum Gasteiger partial charge on any atom is -0.466 e. The molecule has 0 aliphatic carbocycles. The van der Waals surface area contributed by atoms with Crippen LogP contribution < -0.4 is 9.62 Å². The van der Waals surface area contributed by atoms with Crippen molar-refractivity contribution in [3.8, 4) is 22.5 Å². The molecule has 1 aromatic heterocycles. The molecule has 2 N–H and O–H groups in total. The molecule has 0 radical (unpaired) electrons. The van der Waals surface area contributed by atoms with Crippen molar-refractivity contribution < 1.29 is 31.9 Å². The highest BCUT2D eigenvalue weighted by Crippen LogP contribution is 2.43. The van der Waals surface area contributed by atoms with Crippen molar-refractivity contribution >= 4 is 32.6 Å². The number of nitrogens with one attached hydrogen (secondary N) is 1. The fraction of sp³-hybridized carbons (Fsp3) is 0.276. The van der Waals surface area contributed by atoms with Gasteiger partial charge in [-0.1, -0.05) is 30.3 Å². The number of aliphatic hydroxyl groups is 1. The Labute approximate surface area is 227 Å². The largest absolute Gasteiger partial charge is 0.466 e. The zero-order valence-corrected chi connectivity index (χ0v) is 22.8. The molecule has 4 rings (SSSR count). The van der Waals surface area contributed by atoms with Gasteiger partial charge in [-0.2, -0.15) is 0 Å². The first kappa shape index (κ1) is 28.3. The number of ether oxygens (including phenoxy) is 1. The summed E-state index contributed by atoms with van der Waals surface area (Å²) in [4.78, 5) is 11.9. The third-order valence-corrected chi connectivity index (χ3v) is 7.48. The summed E-state index contributed by atoms with van der Waals surface area (Å²) in [5.74, 6) is -0.479. The van der Waals surface area contributed by atoms with E-state index in [2.05, 4.69) is 5.32 Å². The molecule has 0 fully saturated rings. The molecule has 1 atom stereocenters. The molecule has 0 saturated heterocycles. The van der Waals surface area contributed by atoms with E-state index in [0.29, 0.717) is 39.1 Å². The Morgan fingerprint density at radius 1 is 1.10 bits per heavy atom. The number of nitrogens with zero attached hydrogens (tertiary/aromatic N) is 1. The van der Waals surface area contributed by atoms with Crippen molar-refractivity contribution in [3.63, 3.8) is 0 Å². The Balaban J connectivity index is 1.94. The summed E-state index contributed by atoms with van der Waals surface area (Å²) < 4.78 is 52.1. The normalized spacial score (nSPS) is 12.4. The lowest BCUT2D eigenvalue weighted by Gasteiger charge is -2.25. The van der Waals surface area contributed by atoms with Gasteiger partial charge in [0.25, 0.3) is 0 Å². The van der Waals surface area contributed by atoms with Crippen molar-refractivity contribution in [2.24, 2.45) is 0 Å². The van der Waals surface area contributed by atoms with Crippen LogP contribution in [0.3, 0.4) is 0 Å². The second-order valence-corrected chi connectivity index (χ2v) is 10.9. The molecule has 206 valence electrons. The quantitative estimate of drug-likeness (QED) is 0.193. The number of fused-ring (bicyclic) bond motifs is 1. The van der Waals surface area contributed by atoms with Gasteiger partial charge in [0.1, 0.15) is 23.4 Å². The number of benzene rings is 3. The van der Waals surface area contributed by atoms with Gasteiger partial charge in [-0.25, -0.2) is 12.8 Å². The number of carbonyl (C=O) groups excluding carboxylic acids is 1. The Bertz CT molecular complexity index is 1550. The molecule has 1 unspecified atom stereocenters. The van der Waals surface area contributed by atoms with Crippen LogP contribution in [0.5, 0.6) is 0 Å². The average Bonchev–Trinajstić information content (AvgIpc) is 3.28. The van der Waals surface area contributed by atoms with E-state index in [1.54, 1.807) is 38.2 Å². The number of sulfonamides is 1. The molecule has 10 heteroatoms. The molecule has 0 aliphatic heterocycles. The molecular weight excluding hydrogens is 523 g/mol. The lowest BCUT2D eigenvalue weighted by molar-refractivity contribution is -0.143. The van der Waals surface area contributed by atoms with Crippen LogP contribution in [0.15, 0.2) is 71.1 Å². The second kappa shape index (κ2) is 12.0. The van der Waals surface area contributed by atoms with Gasteiger partial charge in [0.15, 0.2) is 0 Å². The smallest absolute Gasteiger partial charge is 0.305 e. The minimum absolute atomic E-state index is 0.0422. The van der Waals surface area contributed by atoms with Crippen molar-refractivity contribution in [3.05, 3.63) is 78.1 Å². The number of anilines is 1. The van der Waals surface area contributed by atoms with Gasteiger partial charge < -0.3 is 14.3 Å². The molecular formula is C29H31FN2O6S. The van der Waals surface area contributed by atoms with Gasteiger partial charge >= 0.3 is 5.97 Å². The number of aliphatic hydroxyl groups excluding tert-OH is 1. The molecule has 39 heavy (non-hydrogen) atoms. The van der Waals surface area contributed by atoms with E-state index in [1.807, 2.05) is 30.3 Å². The maximum atomic E-state index is 13.6. The van der Waals surface area contributed by atoms with Crippen LogP contribution >= 0.6 is 0 Å². The molecule has 8 nitrogen and oxygen atoms in total. The van der Waals surface area contributed by atoms with Crippen molar-refractivity contribution in [1.29, 1.82) is 0 Å². The van der Waals surface area contributed by atoms with Gasteiger partial charge in [-0.3, -0.25) is 14.4 Å². The van der Waals surface area contributed by atoms with Crippen molar-refractivity contribution in [2.75, 3.05) is 30.8 Å². The topological polar surface area (TPSA) is 109 Å². The van der Waals surface area contributed by atoms with Gasteiger partial charge in [0, 0.05) is 41.1 Å². The Morgan fingerprint density at radius 2 is 1.79 bits per heavy atom. The van der Waals surface area contributed by atoms with Gasteiger partial charge in [0.05, 0.1) is 18.6 Å².